The molecule has 8 heteroatoms. The monoisotopic (exact) mass is 570 g/mol. The third-order valence-corrected chi connectivity index (χ3v) is 7.57. The van der Waals surface area contributed by atoms with Crippen LogP contribution in [-0.4, -0.2) is 49.1 Å². The Balaban J connectivity index is 1.33. The first kappa shape index (κ1) is 30.7. The summed E-state index contributed by atoms with van der Waals surface area (Å²) in [6, 6.07) is 20.6. The Hall–Kier alpha value is -4.30. The fourth-order valence-electron chi connectivity index (χ4n) is 4.86. The average molecular weight is 571 g/mol. The largest absolute Gasteiger partial charge is 0.493 e. The maximum absolute atomic E-state index is 12.9. The van der Waals surface area contributed by atoms with E-state index < -0.39 is 0 Å². The fourth-order valence-corrected chi connectivity index (χ4v) is 4.86. The van der Waals surface area contributed by atoms with Crippen molar-refractivity contribution in [1.29, 1.82) is 0 Å². The van der Waals surface area contributed by atoms with E-state index in [1.54, 1.807) is 49.6 Å². The van der Waals surface area contributed by atoms with Crippen molar-refractivity contribution in [2.24, 2.45) is 0 Å². The van der Waals surface area contributed by atoms with Gasteiger partial charge in [0.2, 0.25) is 0 Å². The molecule has 4 rings (SSSR count). The SMILES string of the molecule is CCC(CC)NC(=O)Nc1ccc(Oc2ccc(NC(=O)c3ccc(C4=CCN(C(C)C)CC4)cc3)cc2)c(OC)c1. The number of rotatable bonds is 11. The minimum Gasteiger partial charge on any atom is -0.493 e. The van der Waals surface area contributed by atoms with Crippen molar-refractivity contribution in [3.8, 4) is 17.2 Å². The highest BCUT2D eigenvalue weighted by Gasteiger charge is 2.16. The summed E-state index contributed by atoms with van der Waals surface area (Å²) in [6.45, 7) is 10.5. The molecule has 0 atom stereocenters. The molecular weight excluding hydrogens is 528 g/mol. The summed E-state index contributed by atoms with van der Waals surface area (Å²) in [5, 5.41) is 8.74. The Kier molecular flexibility index (Phi) is 10.6. The highest BCUT2D eigenvalue weighted by Crippen LogP contribution is 2.34. The zero-order valence-electron chi connectivity index (χ0n) is 25.2. The van der Waals surface area contributed by atoms with Crippen molar-refractivity contribution in [1.82, 2.24) is 10.2 Å². The number of hydrogen-bond acceptors (Lipinski definition) is 5. The van der Waals surface area contributed by atoms with Crippen LogP contribution in [0.1, 0.15) is 62.9 Å². The lowest BCUT2D eigenvalue weighted by Crippen LogP contribution is -2.37. The number of carbonyl (C=O) groups is 2. The predicted octanol–water partition coefficient (Wildman–Crippen LogP) is 7.55. The number of urea groups is 1. The van der Waals surface area contributed by atoms with Crippen molar-refractivity contribution in [3.05, 3.63) is 83.9 Å². The van der Waals surface area contributed by atoms with Gasteiger partial charge in [-0.25, -0.2) is 4.79 Å². The zero-order valence-corrected chi connectivity index (χ0v) is 25.2. The molecule has 222 valence electrons. The number of ether oxygens (including phenoxy) is 2. The molecule has 0 bridgehead atoms. The molecule has 1 heterocycles. The van der Waals surface area contributed by atoms with Gasteiger partial charge in [0.05, 0.1) is 7.11 Å². The molecule has 3 aromatic carbocycles. The topological polar surface area (TPSA) is 91.9 Å². The molecule has 0 radical (unpaired) electrons. The minimum atomic E-state index is -0.257. The molecule has 0 spiro atoms. The van der Waals surface area contributed by atoms with E-state index in [9.17, 15) is 9.59 Å². The first-order chi connectivity index (χ1) is 20.3. The Morgan fingerprint density at radius 3 is 2.17 bits per heavy atom. The number of nitrogens with one attached hydrogen (secondary N) is 3. The maximum atomic E-state index is 12.9. The molecule has 1 aliphatic heterocycles. The van der Waals surface area contributed by atoms with E-state index >= 15 is 0 Å². The van der Waals surface area contributed by atoms with Gasteiger partial charge in [0, 0.05) is 48.2 Å². The van der Waals surface area contributed by atoms with Gasteiger partial charge in [0.15, 0.2) is 11.5 Å². The van der Waals surface area contributed by atoms with Crippen LogP contribution in [0.15, 0.2) is 72.8 Å². The summed E-state index contributed by atoms with van der Waals surface area (Å²) in [5.41, 5.74) is 4.36. The van der Waals surface area contributed by atoms with Crippen molar-refractivity contribution in [3.63, 3.8) is 0 Å². The Labute approximate surface area is 249 Å². The lowest BCUT2D eigenvalue weighted by Gasteiger charge is -2.29. The van der Waals surface area contributed by atoms with Crippen LogP contribution >= 0.6 is 0 Å². The summed E-state index contributed by atoms with van der Waals surface area (Å²) in [4.78, 5) is 27.6. The minimum absolute atomic E-state index is 0.128. The van der Waals surface area contributed by atoms with Crippen molar-refractivity contribution < 1.29 is 19.1 Å². The molecule has 0 fully saturated rings. The van der Waals surface area contributed by atoms with Gasteiger partial charge in [-0.05, 0) is 92.8 Å². The first-order valence-electron chi connectivity index (χ1n) is 14.7. The van der Waals surface area contributed by atoms with E-state index in [1.807, 2.05) is 38.1 Å². The summed E-state index contributed by atoms with van der Waals surface area (Å²) in [7, 11) is 1.55. The number of nitrogens with zero attached hydrogens (tertiary/aromatic N) is 1. The standard InChI is InChI=1S/C34H42N4O4/c1-6-27(7-2)36-34(40)37-29-14-17-31(32(22-29)41-5)42-30-15-12-28(13-16-30)35-33(39)26-10-8-24(9-11-26)25-18-20-38(21-19-25)23(3)4/h8-18,22-23,27H,6-7,19-21H2,1-5H3,(H,35,39)(H2,36,37,40). The molecular formula is C34H42N4O4. The molecule has 3 N–H and O–H groups in total. The van der Waals surface area contributed by atoms with Gasteiger partial charge in [-0.2, -0.15) is 0 Å². The van der Waals surface area contributed by atoms with E-state index in [2.05, 4.69) is 40.8 Å². The number of anilines is 2. The summed E-state index contributed by atoms with van der Waals surface area (Å²) in [5.74, 6) is 1.40. The molecule has 0 aliphatic carbocycles. The number of hydrogen-bond donors (Lipinski definition) is 3. The van der Waals surface area contributed by atoms with Gasteiger partial charge in [-0.1, -0.05) is 32.1 Å². The van der Waals surface area contributed by atoms with Gasteiger partial charge in [-0.3, -0.25) is 9.69 Å². The summed E-state index contributed by atoms with van der Waals surface area (Å²) < 4.78 is 11.5. The lowest BCUT2D eigenvalue weighted by atomic mass is 9.98. The quantitative estimate of drug-likeness (QED) is 0.221. The Morgan fingerprint density at radius 2 is 1.57 bits per heavy atom. The maximum Gasteiger partial charge on any atom is 0.319 e. The van der Waals surface area contributed by atoms with E-state index in [0.29, 0.717) is 40.2 Å². The molecule has 0 unspecified atom stereocenters. The van der Waals surface area contributed by atoms with Gasteiger partial charge >= 0.3 is 6.03 Å². The lowest BCUT2D eigenvalue weighted by molar-refractivity contribution is 0.102. The predicted molar refractivity (Wildman–Crippen MR) is 170 cm³/mol. The number of carbonyl (C=O) groups excluding carboxylic acids is 2. The van der Waals surface area contributed by atoms with Crippen molar-refractivity contribution in [2.75, 3.05) is 30.8 Å². The zero-order chi connectivity index (χ0) is 30.1. The number of benzene rings is 3. The second kappa shape index (κ2) is 14.5. The van der Waals surface area contributed by atoms with Crippen LogP contribution in [0, 0.1) is 0 Å². The highest BCUT2D eigenvalue weighted by molar-refractivity contribution is 6.04. The summed E-state index contributed by atoms with van der Waals surface area (Å²) >= 11 is 0. The smallest absolute Gasteiger partial charge is 0.319 e. The van der Waals surface area contributed by atoms with E-state index in [-0.39, 0.29) is 18.0 Å². The second-order valence-electron chi connectivity index (χ2n) is 10.7. The second-order valence-corrected chi connectivity index (χ2v) is 10.7. The van der Waals surface area contributed by atoms with Crippen LogP contribution in [0.25, 0.3) is 5.57 Å². The molecule has 0 aromatic heterocycles. The molecule has 3 aromatic rings. The third-order valence-electron chi connectivity index (χ3n) is 7.57. The van der Waals surface area contributed by atoms with Gasteiger partial charge in [0.25, 0.3) is 5.91 Å². The molecule has 1 aliphatic rings. The number of amides is 3. The van der Waals surface area contributed by atoms with Crippen LogP contribution in [0.5, 0.6) is 17.2 Å². The van der Waals surface area contributed by atoms with Gasteiger partial charge < -0.3 is 25.4 Å². The molecule has 3 amide bonds. The fraction of sp³-hybridized carbons (Fsp3) is 0.353. The van der Waals surface area contributed by atoms with E-state index in [4.69, 9.17) is 9.47 Å². The van der Waals surface area contributed by atoms with Crippen LogP contribution in [-0.2, 0) is 0 Å². The van der Waals surface area contributed by atoms with Gasteiger partial charge in [-0.15, -0.1) is 0 Å². The molecule has 42 heavy (non-hydrogen) atoms. The Bertz CT molecular complexity index is 1380. The van der Waals surface area contributed by atoms with Crippen LogP contribution in [0.3, 0.4) is 0 Å². The molecule has 0 saturated carbocycles. The van der Waals surface area contributed by atoms with Crippen LogP contribution in [0.2, 0.25) is 0 Å². The van der Waals surface area contributed by atoms with E-state index in [1.165, 1.54) is 11.1 Å². The Morgan fingerprint density at radius 1 is 0.881 bits per heavy atom. The van der Waals surface area contributed by atoms with Gasteiger partial charge in [0.1, 0.15) is 5.75 Å². The number of methoxy groups -OCH3 is 1. The normalized spacial score (nSPS) is 13.5. The molecule has 8 nitrogen and oxygen atoms in total. The average Bonchev–Trinajstić information content (AvgIpc) is 3.01. The highest BCUT2D eigenvalue weighted by atomic mass is 16.5. The van der Waals surface area contributed by atoms with Crippen LogP contribution < -0.4 is 25.4 Å². The molecule has 0 saturated heterocycles. The summed E-state index contributed by atoms with van der Waals surface area (Å²) in [6.07, 6.45) is 5.04. The third kappa shape index (κ3) is 8.13. The van der Waals surface area contributed by atoms with Crippen molar-refractivity contribution >= 4 is 28.9 Å². The van der Waals surface area contributed by atoms with E-state index in [0.717, 1.165) is 32.4 Å². The van der Waals surface area contributed by atoms with Crippen molar-refractivity contribution in [2.45, 2.75) is 59.0 Å². The van der Waals surface area contributed by atoms with Crippen LogP contribution in [0.4, 0.5) is 16.2 Å². The first-order valence-corrected chi connectivity index (χ1v) is 14.7.